The summed E-state index contributed by atoms with van der Waals surface area (Å²) in [6, 6.07) is -1.85. The highest BCUT2D eigenvalue weighted by Crippen LogP contribution is 2.21. The second-order valence-corrected chi connectivity index (χ2v) is 3.73. The SMILES string of the molecule is O=C(N[C@H]1[C@H](O)[C@H](O)[C@H](CO)O[C@H]1O)C(F)(F)F. The van der Waals surface area contributed by atoms with Crippen LogP contribution in [0.5, 0.6) is 0 Å². The number of hydrogen-bond acceptors (Lipinski definition) is 6. The molecule has 18 heavy (non-hydrogen) atoms. The molecule has 0 bridgehead atoms. The van der Waals surface area contributed by atoms with Gasteiger partial charge in [0.2, 0.25) is 0 Å². The first-order valence-corrected chi connectivity index (χ1v) is 4.86. The molecule has 1 aliphatic rings. The molecule has 0 aromatic rings. The van der Waals surface area contributed by atoms with Crippen molar-refractivity contribution >= 4 is 5.91 Å². The van der Waals surface area contributed by atoms with Crippen LogP contribution in [0.4, 0.5) is 13.2 Å². The number of alkyl halides is 3. The Morgan fingerprint density at radius 1 is 1.22 bits per heavy atom. The number of amides is 1. The molecule has 1 aliphatic heterocycles. The van der Waals surface area contributed by atoms with E-state index in [0.29, 0.717) is 0 Å². The Morgan fingerprint density at radius 2 is 1.78 bits per heavy atom. The van der Waals surface area contributed by atoms with Crippen LogP contribution in [-0.2, 0) is 9.53 Å². The van der Waals surface area contributed by atoms with Gasteiger partial charge in [0, 0.05) is 0 Å². The molecular weight excluding hydrogens is 263 g/mol. The third kappa shape index (κ3) is 3.09. The first-order valence-electron chi connectivity index (χ1n) is 4.86. The molecule has 106 valence electrons. The molecule has 10 heteroatoms. The van der Waals surface area contributed by atoms with Gasteiger partial charge in [0.05, 0.1) is 6.61 Å². The lowest BCUT2D eigenvalue weighted by Crippen LogP contribution is -2.65. The quantitative estimate of drug-likeness (QED) is 0.379. The van der Waals surface area contributed by atoms with Crippen molar-refractivity contribution in [3.63, 3.8) is 0 Å². The van der Waals surface area contributed by atoms with E-state index in [4.69, 9.17) is 5.11 Å². The fourth-order valence-corrected chi connectivity index (χ4v) is 1.49. The number of hydrogen-bond donors (Lipinski definition) is 5. The van der Waals surface area contributed by atoms with Gasteiger partial charge in [0.25, 0.3) is 0 Å². The van der Waals surface area contributed by atoms with E-state index >= 15 is 0 Å². The molecule has 0 saturated carbocycles. The molecule has 5 N–H and O–H groups in total. The van der Waals surface area contributed by atoms with Gasteiger partial charge in [-0.2, -0.15) is 13.2 Å². The van der Waals surface area contributed by atoms with E-state index < -0.39 is 49.3 Å². The van der Waals surface area contributed by atoms with Gasteiger partial charge in [-0.1, -0.05) is 0 Å². The number of carbonyl (C=O) groups excluding carboxylic acids is 1. The third-order valence-electron chi connectivity index (χ3n) is 2.46. The molecule has 1 heterocycles. The molecule has 7 nitrogen and oxygen atoms in total. The number of carbonyl (C=O) groups is 1. The molecule has 0 aromatic carbocycles. The number of aliphatic hydroxyl groups is 4. The first-order chi connectivity index (χ1) is 8.18. The monoisotopic (exact) mass is 275 g/mol. The van der Waals surface area contributed by atoms with E-state index in [0.717, 1.165) is 0 Å². The van der Waals surface area contributed by atoms with Gasteiger partial charge < -0.3 is 30.5 Å². The van der Waals surface area contributed by atoms with E-state index in [-0.39, 0.29) is 0 Å². The topological polar surface area (TPSA) is 119 Å². The van der Waals surface area contributed by atoms with Crippen molar-refractivity contribution < 1.29 is 43.1 Å². The molecular formula is C8H12F3NO6. The molecule has 1 saturated heterocycles. The van der Waals surface area contributed by atoms with Gasteiger partial charge >= 0.3 is 12.1 Å². The highest BCUT2D eigenvalue weighted by atomic mass is 19.4. The van der Waals surface area contributed by atoms with Crippen LogP contribution in [-0.4, -0.2) is 69.8 Å². The van der Waals surface area contributed by atoms with Crippen LogP contribution < -0.4 is 5.32 Å². The third-order valence-corrected chi connectivity index (χ3v) is 2.46. The summed E-state index contributed by atoms with van der Waals surface area (Å²) in [6.45, 7) is -0.755. The van der Waals surface area contributed by atoms with E-state index in [1.165, 1.54) is 5.32 Å². The van der Waals surface area contributed by atoms with E-state index in [2.05, 4.69) is 4.74 Å². The summed E-state index contributed by atoms with van der Waals surface area (Å²) < 4.78 is 40.5. The van der Waals surface area contributed by atoms with Crippen molar-refractivity contribution in [3.05, 3.63) is 0 Å². The average Bonchev–Trinajstić information content (AvgIpc) is 2.27. The van der Waals surface area contributed by atoms with Crippen molar-refractivity contribution in [1.29, 1.82) is 0 Å². The Kier molecular flexibility index (Phi) is 4.50. The number of ether oxygens (including phenoxy) is 1. The van der Waals surface area contributed by atoms with Gasteiger partial charge in [-0.25, -0.2) is 0 Å². The van der Waals surface area contributed by atoms with Crippen LogP contribution in [0.25, 0.3) is 0 Å². The molecule has 0 radical (unpaired) electrons. The summed E-state index contributed by atoms with van der Waals surface area (Å²) in [5.74, 6) is -2.39. The van der Waals surface area contributed by atoms with Crippen LogP contribution in [0.1, 0.15) is 0 Å². The lowest BCUT2D eigenvalue weighted by molar-refractivity contribution is -0.256. The lowest BCUT2D eigenvalue weighted by atomic mass is 9.97. The number of nitrogens with one attached hydrogen (secondary N) is 1. The summed E-state index contributed by atoms with van der Waals surface area (Å²) >= 11 is 0. The Morgan fingerprint density at radius 3 is 2.22 bits per heavy atom. The maximum atomic E-state index is 12.0. The molecule has 0 aromatic heterocycles. The van der Waals surface area contributed by atoms with Crippen molar-refractivity contribution in [1.82, 2.24) is 5.32 Å². The molecule has 0 unspecified atom stereocenters. The van der Waals surface area contributed by atoms with Gasteiger partial charge in [-0.3, -0.25) is 4.79 Å². The summed E-state index contributed by atoms with van der Waals surface area (Å²) in [5, 5.41) is 38.1. The predicted molar refractivity (Wildman–Crippen MR) is 48.0 cm³/mol. The molecule has 0 aliphatic carbocycles. The van der Waals surface area contributed by atoms with Crippen molar-refractivity contribution in [2.45, 2.75) is 36.8 Å². The fraction of sp³-hybridized carbons (Fsp3) is 0.875. The smallest absolute Gasteiger partial charge is 0.394 e. The van der Waals surface area contributed by atoms with Crippen LogP contribution in [0.3, 0.4) is 0 Å². The van der Waals surface area contributed by atoms with Crippen molar-refractivity contribution in [3.8, 4) is 0 Å². The average molecular weight is 275 g/mol. The van der Waals surface area contributed by atoms with Crippen molar-refractivity contribution in [2.75, 3.05) is 6.61 Å². The maximum absolute atomic E-state index is 12.0. The Bertz CT molecular complexity index is 312. The number of halogens is 3. The van der Waals surface area contributed by atoms with Crippen LogP contribution in [0.15, 0.2) is 0 Å². The van der Waals surface area contributed by atoms with Gasteiger partial charge in [-0.05, 0) is 0 Å². The maximum Gasteiger partial charge on any atom is 0.471 e. The Labute approximate surface area is 98.8 Å². The molecule has 0 spiro atoms. The minimum Gasteiger partial charge on any atom is -0.394 e. The van der Waals surface area contributed by atoms with Gasteiger partial charge in [0.1, 0.15) is 24.4 Å². The molecule has 1 fully saturated rings. The number of rotatable bonds is 2. The second-order valence-electron chi connectivity index (χ2n) is 3.73. The highest BCUT2D eigenvalue weighted by molar-refractivity contribution is 5.82. The molecule has 1 rings (SSSR count). The second kappa shape index (κ2) is 5.36. The summed E-state index contributed by atoms with van der Waals surface area (Å²) in [7, 11) is 0. The van der Waals surface area contributed by atoms with Crippen LogP contribution in [0.2, 0.25) is 0 Å². The highest BCUT2D eigenvalue weighted by Gasteiger charge is 2.48. The van der Waals surface area contributed by atoms with Gasteiger partial charge in [-0.15, -0.1) is 0 Å². The first kappa shape index (κ1) is 15.1. The molecule has 5 atom stereocenters. The Hall–Kier alpha value is -0.940. The fourth-order valence-electron chi connectivity index (χ4n) is 1.49. The zero-order chi connectivity index (χ0) is 14.1. The van der Waals surface area contributed by atoms with Crippen LogP contribution in [0, 0.1) is 0 Å². The minimum atomic E-state index is -5.20. The normalized spacial score (nSPS) is 37.4. The van der Waals surface area contributed by atoms with E-state index in [9.17, 15) is 33.3 Å². The summed E-state index contributed by atoms with van der Waals surface area (Å²) in [6.07, 6.45) is -12.2. The number of aliphatic hydroxyl groups excluding tert-OH is 4. The zero-order valence-corrected chi connectivity index (χ0v) is 8.83. The van der Waals surface area contributed by atoms with E-state index in [1.54, 1.807) is 0 Å². The minimum absolute atomic E-state index is 0.755. The largest absolute Gasteiger partial charge is 0.471 e. The summed E-state index contributed by atoms with van der Waals surface area (Å²) in [5.41, 5.74) is 0. The molecule has 1 amide bonds. The van der Waals surface area contributed by atoms with Crippen LogP contribution >= 0.6 is 0 Å². The van der Waals surface area contributed by atoms with Crippen molar-refractivity contribution in [2.24, 2.45) is 0 Å². The lowest BCUT2D eigenvalue weighted by Gasteiger charge is -2.40. The van der Waals surface area contributed by atoms with Gasteiger partial charge in [0.15, 0.2) is 6.29 Å². The Balaban J connectivity index is 2.74. The summed E-state index contributed by atoms with van der Waals surface area (Å²) in [4.78, 5) is 10.6. The predicted octanol–water partition coefficient (Wildman–Crippen LogP) is -2.54. The van der Waals surface area contributed by atoms with E-state index in [1.807, 2.05) is 0 Å². The standard InChI is InChI=1S/C8H12F3NO6/c9-8(10,11)7(17)12-3-5(15)4(14)2(1-13)18-6(3)16/h2-6,13-16H,1H2,(H,12,17)/t2-,3-,4+,5-,6+/m0/s1. The zero-order valence-electron chi connectivity index (χ0n) is 8.83.